The molecule has 78 valence electrons. The normalized spacial score (nSPS) is 12.6. The van der Waals surface area contributed by atoms with E-state index in [4.69, 9.17) is 0 Å². The van der Waals surface area contributed by atoms with Crippen molar-refractivity contribution in [1.82, 2.24) is 0 Å². The largest absolute Gasteiger partial charge is 0.385 e. The maximum absolute atomic E-state index is 12.8. The van der Waals surface area contributed by atoms with Crippen molar-refractivity contribution in [3.8, 4) is 0 Å². The fourth-order valence-corrected chi connectivity index (χ4v) is 1.04. The highest BCUT2D eigenvalue weighted by atomic mass is 19.2. The molecule has 0 aliphatic carbocycles. The first kappa shape index (κ1) is 11.0. The van der Waals surface area contributed by atoms with Crippen LogP contribution in [0.4, 0.5) is 14.5 Å². The van der Waals surface area contributed by atoms with E-state index < -0.39 is 11.6 Å². The Hall–Kier alpha value is -1.12. The fourth-order valence-electron chi connectivity index (χ4n) is 1.04. The lowest BCUT2D eigenvalue weighted by atomic mass is 10.1. The quantitative estimate of drug-likeness (QED) is 0.783. The lowest BCUT2D eigenvalue weighted by Crippen LogP contribution is -2.10. The Labute approximate surface area is 83.1 Å². The van der Waals surface area contributed by atoms with Crippen LogP contribution in [0.3, 0.4) is 0 Å². The molecule has 0 aromatic heterocycles. The van der Waals surface area contributed by atoms with Crippen molar-refractivity contribution in [1.29, 1.82) is 0 Å². The van der Waals surface area contributed by atoms with E-state index in [1.807, 2.05) is 0 Å². The molecule has 14 heavy (non-hydrogen) atoms. The van der Waals surface area contributed by atoms with Gasteiger partial charge >= 0.3 is 0 Å². The first-order chi connectivity index (χ1) is 6.63. The lowest BCUT2D eigenvalue weighted by molar-refractivity contribution is 0.508. The monoisotopic (exact) mass is 199 g/mol. The van der Waals surface area contributed by atoms with Gasteiger partial charge in [-0.2, -0.15) is 0 Å². The highest BCUT2D eigenvalue weighted by Gasteiger charge is 2.03. The molecule has 1 N–H and O–H groups in total. The van der Waals surface area contributed by atoms with Gasteiger partial charge in [-0.1, -0.05) is 20.3 Å². The van der Waals surface area contributed by atoms with Crippen molar-refractivity contribution in [2.75, 3.05) is 11.9 Å². The topological polar surface area (TPSA) is 12.0 Å². The van der Waals surface area contributed by atoms with Gasteiger partial charge in [0.2, 0.25) is 0 Å². The Morgan fingerprint density at radius 1 is 1.29 bits per heavy atom. The lowest BCUT2D eigenvalue weighted by Gasteiger charge is -2.11. The Bertz CT molecular complexity index is 299. The second-order valence-corrected chi connectivity index (χ2v) is 3.52. The van der Waals surface area contributed by atoms with Crippen LogP contribution in [0.25, 0.3) is 0 Å². The van der Waals surface area contributed by atoms with E-state index in [2.05, 4.69) is 19.2 Å². The molecule has 0 spiro atoms. The minimum Gasteiger partial charge on any atom is -0.385 e. The molecule has 0 bridgehead atoms. The summed E-state index contributed by atoms with van der Waals surface area (Å²) < 4.78 is 25.3. The molecule has 1 aromatic carbocycles. The van der Waals surface area contributed by atoms with Gasteiger partial charge in [-0.25, -0.2) is 8.78 Å². The summed E-state index contributed by atoms with van der Waals surface area (Å²) in [5.41, 5.74) is 0.629. The standard InChI is InChI=1S/C11H15F2N/c1-3-8(2)7-14-9-4-5-10(12)11(13)6-9/h4-6,8,14H,3,7H2,1-2H3. The summed E-state index contributed by atoms with van der Waals surface area (Å²) in [7, 11) is 0. The highest BCUT2D eigenvalue weighted by Crippen LogP contribution is 2.13. The highest BCUT2D eigenvalue weighted by molar-refractivity contribution is 5.43. The van der Waals surface area contributed by atoms with Crippen LogP contribution in [0.15, 0.2) is 18.2 Å². The van der Waals surface area contributed by atoms with Gasteiger partial charge in [0, 0.05) is 12.2 Å². The van der Waals surface area contributed by atoms with Gasteiger partial charge in [0.25, 0.3) is 0 Å². The predicted molar refractivity (Wildman–Crippen MR) is 54.3 cm³/mol. The molecule has 0 heterocycles. The molecule has 0 aliphatic heterocycles. The molecular weight excluding hydrogens is 184 g/mol. The predicted octanol–water partition coefficient (Wildman–Crippen LogP) is 3.42. The average Bonchev–Trinajstić information content (AvgIpc) is 2.19. The molecular formula is C11H15F2N. The Morgan fingerprint density at radius 2 is 2.00 bits per heavy atom. The molecule has 1 unspecified atom stereocenters. The summed E-state index contributed by atoms with van der Waals surface area (Å²) in [5.74, 6) is -1.08. The number of nitrogens with one attached hydrogen (secondary N) is 1. The molecule has 0 saturated carbocycles. The molecule has 0 amide bonds. The summed E-state index contributed by atoms with van der Waals surface area (Å²) in [6.45, 7) is 4.98. The van der Waals surface area contributed by atoms with Crippen LogP contribution < -0.4 is 5.32 Å². The minimum atomic E-state index is -0.806. The number of benzene rings is 1. The molecule has 1 nitrogen and oxygen atoms in total. The van der Waals surface area contributed by atoms with E-state index >= 15 is 0 Å². The third-order valence-corrected chi connectivity index (χ3v) is 2.27. The Morgan fingerprint density at radius 3 is 2.57 bits per heavy atom. The molecule has 1 atom stereocenters. The second-order valence-electron chi connectivity index (χ2n) is 3.52. The SMILES string of the molecule is CCC(C)CNc1ccc(F)c(F)c1. The maximum atomic E-state index is 12.8. The molecule has 0 radical (unpaired) electrons. The summed E-state index contributed by atoms with van der Waals surface area (Å²) in [4.78, 5) is 0. The number of hydrogen-bond donors (Lipinski definition) is 1. The number of anilines is 1. The molecule has 1 rings (SSSR count). The first-order valence-electron chi connectivity index (χ1n) is 4.82. The van der Waals surface area contributed by atoms with Gasteiger partial charge in [-0.15, -0.1) is 0 Å². The molecule has 0 fully saturated rings. The van der Waals surface area contributed by atoms with Crippen molar-refractivity contribution in [2.45, 2.75) is 20.3 Å². The van der Waals surface area contributed by atoms with Crippen LogP contribution in [0, 0.1) is 17.6 Å². The van der Waals surface area contributed by atoms with Gasteiger partial charge in [0.05, 0.1) is 0 Å². The van der Waals surface area contributed by atoms with Crippen molar-refractivity contribution in [3.05, 3.63) is 29.8 Å². The van der Waals surface area contributed by atoms with Gasteiger partial charge in [0.15, 0.2) is 11.6 Å². The Kier molecular flexibility index (Phi) is 3.86. The fraction of sp³-hybridized carbons (Fsp3) is 0.455. The van der Waals surface area contributed by atoms with Crippen molar-refractivity contribution >= 4 is 5.69 Å². The van der Waals surface area contributed by atoms with Gasteiger partial charge in [-0.3, -0.25) is 0 Å². The molecule has 3 heteroatoms. The minimum absolute atomic E-state index is 0.531. The smallest absolute Gasteiger partial charge is 0.160 e. The van der Waals surface area contributed by atoms with E-state index in [-0.39, 0.29) is 0 Å². The third kappa shape index (κ3) is 2.98. The van der Waals surface area contributed by atoms with E-state index in [1.165, 1.54) is 6.07 Å². The summed E-state index contributed by atoms with van der Waals surface area (Å²) in [5, 5.41) is 3.06. The summed E-state index contributed by atoms with van der Waals surface area (Å²) in [6, 6.07) is 3.85. The van der Waals surface area contributed by atoms with Crippen LogP contribution in [0.2, 0.25) is 0 Å². The third-order valence-electron chi connectivity index (χ3n) is 2.27. The number of hydrogen-bond acceptors (Lipinski definition) is 1. The van der Waals surface area contributed by atoms with Gasteiger partial charge in [0.1, 0.15) is 0 Å². The maximum Gasteiger partial charge on any atom is 0.160 e. The van der Waals surface area contributed by atoms with Crippen molar-refractivity contribution in [2.24, 2.45) is 5.92 Å². The van der Waals surface area contributed by atoms with Crippen molar-refractivity contribution in [3.63, 3.8) is 0 Å². The van der Waals surface area contributed by atoms with Crippen LogP contribution >= 0.6 is 0 Å². The molecule has 0 aliphatic rings. The summed E-state index contributed by atoms with van der Waals surface area (Å²) in [6.07, 6.45) is 1.07. The van der Waals surface area contributed by atoms with Crippen LogP contribution in [-0.4, -0.2) is 6.54 Å². The molecule has 1 aromatic rings. The average molecular weight is 199 g/mol. The zero-order chi connectivity index (χ0) is 10.6. The zero-order valence-electron chi connectivity index (χ0n) is 8.48. The second kappa shape index (κ2) is 4.94. The number of rotatable bonds is 4. The Balaban J connectivity index is 2.55. The van der Waals surface area contributed by atoms with Crippen LogP contribution in [0.1, 0.15) is 20.3 Å². The van der Waals surface area contributed by atoms with Crippen LogP contribution in [-0.2, 0) is 0 Å². The van der Waals surface area contributed by atoms with E-state index in [1.54, 1.807) is 6.07 Å². The van der Waals surface area contributed by atoms with E-state index in [0.29, 0.717) is 11.6 Å². The number of halogens is 2. The van der Waals surface area contributed by atoms with E-state index in [0.717, 1.165) is 19.0 Å². The first-order valence-corrected chi connectivity index (χ1v) is 4.82. The molecule has 0 saturated heterocycles. The van der Waals surface area contributed by atoms with Gasteiger partial charge < -0.3 is 5.32 Å². The zero-order valence-corrected chi connectivity index (χ0v) is 8.48. The van der Waals surface area contributed by atoms with Gasteiger partial charge in [-0.05, 0) is 24.1 Å². The van der Waals surface area contributed by atoms with Crippen LogP contribution in [0.5, 0.6) is 0 Å². The van der Waals surface area contributed by atoms with E-state index in [9.17, 15) is 8.78 Å². The van der Waals surface area contributed by atoms with Crippen molar-refractivity contribution < 1.29 is 8.78 Å². The summed E-state index contributed by atoms with van der Waals surface area (Å²) >= 11 is 0.